The molecule has 17 heavy (non-hydrogen) atoms. The van der Waals surface area contributed by atoms with Crippen LogP contribution in [-0.2, 0) is 4.79 Å². The normalized spacial score (nSPS) is 16.5. The minimum atomic E-state index is -0.975. The van der Waals surface area contributed by atoms with Crippen molar-refractivity contribution in [3.05, 3.63) is 29.8 Å². The van der Waals surface area contributed by atoms with Gasteiger partial charge in [0.25, 0.3) is 0 Å². The van der Waals surface area contributed by atoms with Crippen molar-refractivity contribution in [2.45, 2.75) is 25.3 Å². The van der Waals surface area contributed by atoms with Crippen LogP contribution in [0.15, 0.2) is 24.3 Å². The molecule has 1 unspecified atom stereocenters. The molecule has 0 saturated heterocycles. The van der Waals surface area contributed by atoms with E-state index >= 15 is 0 Å². The first-order valence-corrected chi connectivity index (χ1v) is 5.50. The lowest BCUT2D eigenvalue weighted by Crippen LogP contribution is -2.52. The molecular formula is C13H19NO3. The first-order valence-electron chi connectivity index (χ1n) is 5.50. The molecule has 0 saturated carbocycles. The Morgan fingerprint density at radius 2 is 1.76 bits per heavy atom. The van der Waals surface area contributed by atoms with Gasteiger partial charge < -0.3 is 10.2 Å². The molecule has 1 aromatic carbocycles. The molecule has 0 amide bonds. The van der Waals surface area contributed by atoms with Crippen molar-refractivity contribution >= 4 is 5.97 Å². The van der Waals surface area contributed by atoms with Gasteiger partial charge in [-0.1, -0.05) is 19.1 Å². The number of phenols is 1. The van der Waals surface area contributed by atoms with Crippen LogP contribution in [0.1, 0.15) is 25.3 Å². The highest BCUT2D eigenvalue weighted by atomic mass is 16.4. The lowest BCUT2D eigenvalue weighted by molar-refractivity contribution is -0.150. The van der Waals surface area contributed by atoms with Crippen molar-refractivity contribution < 1.29 is 15.0 Å². The van der Waals surface area contributed by atoms with Crippen LogP contribution >= 0.6 is 0 Å². The molecular weight excluding hydrogens is 218 g/mol. The average Bonchev–Trinajstić information content (AvgIpc) is 2.27. The van der Waals surface area contributed by atoms with E-state index in [0.717, 1.165) is 5.56 Å². The third-order valence-corrected chi connectivity index (χ3v) is 3.60. The number of aliphatic carboxylic acids is 1. The third-order valence-electron chi connectivity index (χ3n) is 3.60. The number of carboxylic acids is 1. The van der Waals surface area contributed by atoms with Crippen LogP contribution in [0.3, 0.4) is 0 Å². The lowest BCUT2D eigenvalue weighted by atomic mass is 9.81. The molecule has 94 valence electrons. The van der Waals surface area contributed by atoms with Crippen LogP contribution in [0, 0.1) is 0 Å². The summed E-state index contributed by atoms with van der Waals surface area (Å²) < 4.78 is 0. The Labute approximate surface area is 101 Å². The van der Waals surface area contributed by atoms with Gasteiger partial charge in [-0.2, -0.15) is 0 Å². The number of phenolic OH excluding ortho intramolecular Hbond substituents is 1. The molecule has 4 nitrogen and oxygen atoms in total. The number of carbonyl (C=O) groups is 1. The summed E-state index contributed by atoms with van der Waals surface area (Å²) in [7, 11) is 3.51. The zero-order chi connectivity index (χ0) is 13.2. The Hall–Kier alpha value is -1.55. The van der Waals surface area contributed by atoms with Gasteiger partial charge in [0.15, 0.2) is 0 Å². The van der Waals surface area contributed by atoms with Crippen molar-refractivity contribution in [3.63, 3.8) is 0 Å². The molecule has 0 heterocycles. The second kappa shape index (κ2) is 4.75. The highest BCUT2D eigenvalue weighted by Gasteiger charge is 2.41. The van der Waals surface area contributed by atoms with Crippen LogP contribution in [-0.4, -0.2) is 40.7 Å². The molecule has 0 aliphatic rings. The highest BCUT2D eigenvalue weighted by Crippen LogP contribution is 2.32. The molecule has 4 heteroatoms. The Morgan fingerprint density at radius 3 is 2.12 bits per heavy atom. The number of hydrogen-bond donors (Lipinski definition) is 2. The lowest BCUT2D eigenvalue weighted by Gasteiger charge is -2.37. The van der Waals surface area contributed by atoms with Crippen LogP contribution in [0.5, 0.6) is 5.75 Å². The number of carboxylic acid groups (broad SMARTS) is 1. The first kappa shape index (κ1) is 13.5. The van der Waals surface area contributed by atoms with Gasteiger partial charge in [0.2, 0.25) is 0 Å². The average molecular weight is 237 g/mol. The van der Waals surface area contributed by atoms with Crippen molar-refractivity contribution in [3.8, 4) is 5.75 Å². The minimum absolute atomic E-state index is 0.183. The number of benzene rings is 1. The number of nitrogens with zero attached hydrogens (tertiary/aromatic N) is 1. The van der Waals surface area contributed by atoms with Gasteiger partial charge in [-0.05, 0) is 38.7 Å². The van der Waals surface area contributed by atoms with E-state index in [1.807, 2.05) is 6.92 Å². The number of rotatable bonds is 4. The quantitative estimate of drug-likeness (QED) is 0.839. The van der Waals surface area contributed by atoms with Gasteiger partial charge in [0, 0.05) is 5.92 Å². The maximum atomic E-state index is 11.5. The minimum Gasteiger partial charge on any atom is -0.508 e. The van der Waals surface area contributed by atoms with Crippen LogP contribution in [0.4, 0.5) is 0 Å². The van der Waals surface area contributed by atoms with Gasteiger partial charge in [-0.25, -0.2) is 0 Å². The van der Waals surface area contributed by atoms with Crippen molar-refractivity contribution in [2.75, 3.05) is 14.1 Å². The second-order valence-corrected chi connectivity index (χ2v) is 4.66. The molecule has 1 aromatic rings. The summed E-state index contributed by atoms with van der Waals surface area (Å²) in [5.41, 5.74) is -0.0850. The predicted octanol–water partition coefficient (Wildman–Crippen LogP) is 1.90. The molecule has 0 spiro atoms. The van der Waals surface area contributed by atoms with E-state index in [4.69, 9.17) is 0 Å². The summed E-state index contributed by atoms with van der Waals surface area (Å²) in [5.74, 6) is -0.860. The summed E-state index contributed by atoms with van der Waals surface area (Å²) in [5, 5.41) is 18.6. The maximum Gasteiger partial charge on any atom is 0.324 e. The SMILES string of the molecule is CC(c1ccc(O)cc1)[C@@](C)(C(=O)O)N(C)C. The molecule has 2 atom stereocenters. The largest absolute Gasteiger partial charge is 0.508 e. The Morgan fingerprint density at radius 1 is 1.29 bits per heavy atom. The van der Waals surface area contributed by atoms with E-state index in [1.165, 1.54) is 0 Å². The van der Waals surface area contributed by atoms with Crippen molar-refractivity contribution in [1.82, 2.24) is 4.90 Å². The number of aromatic hydroxyl groups is 1. The summed E-state index contributed by atoms with van der Waals surface area (Å²) in [4.78, 5) is 13.2. The van der Waals surface area contributed by atoms with Gasteiger partial charge >= 0.3 is 5.97 Å². The molecule has 2 N–H and O–H groups in total. The molecule has 0 bridgehead atoms. The van der Waals surface area contributed by atoms with Crippen molar-refractivity contribution in [2.24, 2.45) is 0 Å². The maximum absolute atomic E-state index is 11.5. The van der Waals surface area contributed by atoms with Crippen LogP contribution in [0.2, 0.25) is 0 Å². The first-order chi connectivity index (χ1) is 7.80. The predicted molar refractivity (Wildman–Crippen MR) is 66.2 cm³/mol. The van der Waals surface area contributed by atoms with E-state index in [2.05, 4.69) is 0 Å². The zero-order valence-corrected chi connectivity index (χ0v) is 10.6. The highest BCUT2D eigenvalue weighted by molar-refractivity contribution is 5.79. The van der Waals surface area contributed by atoms with E-state index < -0.39 is 11.5 Å². The fourth-order valence-corrected chi connectivity index (χ4v) is 1.85. The summed E-state index contributed by atoms with van der Waals surface area (Å²) in [6.07, 6.45) is 0. The standard InChI is InChI=1S/C13H19NO3/c1-9(10-5-7-11(15)8-6-10)13(2,12(16)17)14(3)4/h5-9,15H,1-4H3,(H,16,17)/t9?,13-/m0/s1. The van der Waals surface area contributed by atoms with Gasteiger partial charge in [0.1, 0.15) is 11.3 Å². The number of likely N-dealkylation sites (N-methyl/N-ethyl adjacent to an activating group) is 1. The molecule has 0 aliphatic carbocycles. The molecule has 1 rings (SSSR count). The second-order valence-electron chi connectivity index (χ2n) is 4.66. The molecule has 0 aromatic heterocycles. The topological polar surface area (TPSA) is 60.8 Å². The third kappa shape index (κ3) is 2.42. The Balaban J connectivity index is 3.13. The number of hydrogen-bond acceptors (Lipinski definition) is 3. The summed E-state index contributed by atoms with van der Waals surface area (Å²) in [6, 6.07) is 6.66. The van der Waals surface area contributed by atoms with Crippen LogP contribution < -0.4 is 0 Å². The Kier molecular flexibility index (Phi) is 3.78. The van der Waals surface area contributed by atoms with Gasteiger partial charge in [-0.15, -0.1) is 0 Å². The van der Waals surface area contributed by atoms with E-state index in [1.54, 1.807) is 50.2 Å². The molecule has 0 fully saturated rings. The van der Waals surface area contributed by atoms with E-state index in [0.29, 0.717) is 0 Å². The fraction of sp³-hybridized carbons (Fsp3) is 0.462. The monoisotopic (exact) mass is 237 g/mol. The fourth-order valence-electron chi connectivity index (χ4n) is 1.85. The Bertz CT molecular complexity index is 400. The van der Waals surface area contributed by atoms with Crippen LogP contribution in [0.25, 0.3) is 0 Å². The molecule has 0 aliphatic heterocycles. The molecule has 0 radical (unpaired) electrons. The van der Waals surface area contributed by atoms with Gasteiger partial charge in [-0.3, -0.25) is 9.69 Å². The zero-order valence-electron chi connectivity index (χ0n) is 10.6. The summed E-state index contributed by atoms with van der Waals surface area (Å²) in [6.45, 7) is 3.58. The van der Waals surface area contributed by atoms with Gasteiger partial charge in [0.05, 0.1) is 0 Å². The van der Waals surface area contributed by atoms with E-state index in [-0.39, 0.29) is 11.7 Å². The van der Waals surface area contributed by atoms with Crippen molar-refractivity contribution in [1.29, 1.82) is 0 Å². The summed E-state index contributed by atoms with van der Waals surface area (Å²) >= 11 is 0. The smallest absolute Gasteiger partial charge is 0.324 e. The van der Waals surface area contributed by atoms with E-state index in [9.17, 15) is 15.0 Å².